The normalized spacial score (nSPS) is 34.6. The number of allylic oxidation sites excluding steroid dienone is 1. The molecule has 0 saturated heterocycles. The highest BCUT2D eigenvalue weighted by Crippen LogP contribution is 2.70. The van der Waals surface area contributed by atoms with E-state index >= 15 is 0 Å². The molecule has 10 atom stereocenters. The second kappa shape index (κ2) is 15.2. The van der Waals surface area contributed by atoms with Crippen LogP contribution in [0.1, 0.15) is 150 Å². The predicted octanol–water partition coefficient (Wildman–Crippen LogP) is 9.11. The zero-order valence-electron chi connectivity index (χ0n) is 35.1. The van der Waals surface area contributed by atoms with E-state index in [0.29, 0.717) is 34.8 Å². The van der Waals surface area contributed by atoms with E-state index in [1.165, 1.54) is 5.57 Å². The van der Waals surface area contributed by atoms with Gasteiger partial charge in [0.25, 0.3) is 5.91 Å². The average molecular weight is 793 g/mol. The van der Waals surface area contributed by atoms with Crippen LogP contribution in [0.4, 0.5) is 0 Å². The lowest BCUT2D eigenvalue weighted by Crippen LogP contribution is -2.65. The Balaban J connectivity index is 1.23. The molecule has 9 nitrogen and oxygen atoms in total. The van der Waals surface area contributed by atoms with E-state index in [2.05, 4.69) is 45.3 Å². The van der Waals surface area contributed by atoms with Crippen LogP contribution in [0.3, 0.4) is 0 Å². The van der Waals surface area contributed by atoms with Gasteiger partial charge in [0.2, 0.25) is 5.91 Å². The molecule has 6 rings (SSSR count). The van der Waals surface area contributed by atoms with Crippen LogP contribution in [0.25, 0.3) is 0 Å². The van der Waals surface area contributed by atoms with Gasteiger partial charge in [0, 0.05) is 17.0 Å². The summed E-state index contributed by atoms with van der Waals surface area (Å²) in [6, 6.07) is 6.58. The number of carboxylic acids is 1. The van der Waals surface area contributed by atoms with Gasteiger partial charge < -0.3 is 20.5 Å². The van der Waals surface area contributed by atoms with Gasteiger partial charge in [-0.25, -0.2) is 0 Å². The van der Waals surface area contributed by atoms with Gasteiger partial charge in [-0.05, 0) is 159 Å². The van der Waals surface area contributed by atoms with E-state index in [0.717, 1.165) is 56.9 Å². The van der Waals surface area contributed by atoms with Gasteiger partial charge in [0.1, 0.15) is 11.6 Å². The molecule has 1 aromatic rings. The summed E-state index contributed by atoms with van der Waals surface area (Å²) >= 11 is 6.04. The van der Waals surface area contributed by atoms with Crippen LogP contribution in [0.5, 0.6) is 0 Å². The van der Waals surface area contributed by atoms with Crippen LogP contribution in [-0.2, 0) is 23.9 Å². The SMILES string of the molecule is CCC(C)C1=C2C3CCC4C(C)(CCC5C(C)C(OC(=O)CC(C)(C)CC(=O)O)CCC54C)C3CCC2(NC(=O)C(C)(C)NC(=O)c2ccc(Cl)cc2)CC1=O. The molecular weight excluding hydrogens is 728 g/mol. The fourth-order valence-electron chi connectivity index (χ4n) is 12.8. The molecule has 4 fully saturated rings. The van der Waals surface area contributed by atoms with Crippen molar-refractivity contribution < 1.29 is 33.8 Å². The van der Waals surface area contributed by atoms with Crippen molar-refractivity contribution in [3.05, 3.63) is 46.0 Å². The number of ether oxygens (including phenoxy) is 1. The van der Waals surface area contributed by atoms with Gasteiger partial charge >= 0.3 is 11.9 Å². The van der Waals surface area contributed by atoms with Crippen molar-refractivity contribution in [1.82, 2.24) is 10.6 Å². The lowest BCUT2D eigenvalue weighted by molar-refractivity contribution is -0.190. The monoisotopic (exact) mass is 792 g/mol. The maximum Gasteiger partial charge on any atom is 0.306 e. The van der Waals surface area contributed by atoms with Gasteiger partial charge in [0.15, 0.2) is 5.78 Å². The topological polar surface area (TPSA) is 139 Å². The molecule has 0 spiro atoms. The number of amides is 2. The molecule has 0 heterocycles. The fraction of sp³-hybridized carbons (Fsp3) is 0.717. The molecule has 1 aromatic carbocycles. The second-order valence-electron chi connectivity index (χ2n) is 20.2. The van der Waals surface area contributed by atoms with Gasteiger partial charge in [-0.15, -0.1) is 0 Å². The summed E-state index contributed by atoms with van der Waals surface area (Å²) in [5, 5.41) is 16.2. The molecule has 0 aromatic heterocycles. The van der Waals surface area contributed by atoms with Crippen LogP contribution in [0.2, 0.25) is 5.02 Å². The summed E-state index contributed by atoms with van der Waals surface area (Å²) in [5.74, 6) is 0.0204. The number of carbonyl (C=O) groups excluding carboxylic acids is 4. The van der Waals surface area contributed by atoms with Crippen molar-refractivity contribution in [2.45, 2.75) is 157 Å². The molecule has 5 aliphatic carbocycles. The first-order chi connectivity index (χ1) is 26.1. The molecule has 308 valence electrons. The zero-order chi connectivity index (χ0) is 41.2. The highest BCUT2D eigenvalue weighted by molar-refractivity contribution is 6.30. The number of hydrogen-bond donors (Lipinski definition) is 3. The number of Topliss-reactive ketones (excluding diaryl/α,β-unsaturated/α-hetero) is 1. The summed E-state index contributed by atoms with van der Waals surface area (Å²) in [6.45, 7) is 18.6. The summed E-state index contributed by atoms with van der Waals surface area (Å²) in [6.07, 6.45) is 8.46. The third kappa shape index (κ3) is 7.59. The molecule has 0 aliphatic heterocycles. The maximum atomic E-state index is 14.3. The smallest absolute Gasteiger partial charge is 0.306 e. The highest BCUT2D eigenvalue weighted by atomic mass is 35.5. The summed E-state index contributed by atoms with van der Waals surface area (Å²) in [4.78, 5) is 66.2. The Morgan fingerprint density at radius 1 is 0.929 bits per heavy atom. The minimum absolute atomic E-state index is 0.0550. The largest absolute Gasteiger partial charge is 0.481 e. The van der Waals surface area contributed by atoms with Crippen LogP contribution in [0.15, 0.2) is 35.4 Å². The first-order valence-electron chi connectivity index (χ1n) is 21.2. The van der Waals surface area contributed by atoms with Crippen LogP contribution >= 0.6 is 11.6 Å². The van der Waals surface area contributed by atoms with Crippen LogP contribution < -0.4 is 10.6 Å². The lowest BCUT2D eigenvalue weighted by Gasteiger charge is -2.67. The van der Waals surface area contributed by atoms with Gasteiger partial charge in [-0.3, -0.25) is 24.0 Å². The van der Waals surface area contributed by atoms with Crippen molar-refractivity contribution in [2.24, 2.45) is 51.8 Å². The minimum atomic E-state index is -1.23. The number of hydrogen-bond acceptors (Lipinski definition) is 6. The first kappa shape index (κ1) is 42.4. The Morgan fingerprint density at radius 2 is 1.55 bits per heavy atom. The molecular formula is C46H65ClN2O7. The molecule has 2 amide bonds. The van der Waals surface area contributed by atoms with Crippen molar-refractivity contribution in [3.63, 3.8) is 0 Å². The quantitative estimate of drug-likeness (QED) is 0.190. The fourth-order valence-corrected chi connectivity index (χ4v) is 12.9. The number of aliphatic carboxylic acids is 1. The number of rotatable bonds is 11. The molecule has 4 saturated carbocycles. The van der Waals surface area contributed by atoms with Gasteiger partial charge in [-0.1, -0.05) is 60.1 Å². The second-order valence-corrected chi connectivity index (χ2v) is 20.7. The molecule has 10 unspecified atom stereocenters. The molecule has 56 heavy (non-hydrogen) atoms. The number of carbonyl (C=O) groups is 5. The van der Waals surface area contributed by atoms with Crippen LogP contribution in [0, 0.1) is 51.8 Å². The Kier molecular flexibility index (Phi) is 11.5. The standard InChI is InChI=1S/C46H65ClN2O7/c1-10-26(2)38-33(50)23-46(49-41(55)43(6,7)48-40(54)28-11-13-29(47)14-12-28)22-18-32-30(39(38)46)15-16-35-44(8)21-19-34(27(3)31(44)17-20-45(32,35)9)56-37(53)25-42(4,5)24-36(51)52/h11-14,26-27,30-32,34-35H,10,15-25H2,1-9H3,(H,48,54)(H,49,55)(H,51,52). The Hall–Kier alpha value is -3.20. The number of ketones is 1. The van der Waals surface area contributed by atoms with Crippen molar-refractivity contribution in [1.29, 1.82) is 0 Å². The molecule has 5 aliphatic rings. The molecule has 10 heteroatoms. The lowest BCUT2D eigenvalue weighted by atomic mass is 9.38. The third-order valence-electron chi connectivity index (χ3n) is 15.6. The molecule has 3 N–H and O–H groups in total. The Labute approximate surface area is 338 Å². The Morgan fingerprint density at radius 3 is 2.20 bits per heavy atom. The van der Waals surface area contributed by atoms with Gasteiger partial charge in [-0.2, -0.15) is 0 Å². The number of carboxylic acid groups (broad SMARTS) is 1. The summed E-state index contributed by atoms with van der Waals surface area (Å²) in [7, 11) is 0. The van der Waals surface area contributed by atoms with Gasteiger partial charge in [0.05, 0.1) is 18.4 Å². The number of halogens is 1. The van der Waals surface area contributed by atoms with E-state index < -0.39 is 22.5 Å². The van der Waals surface area contributed by atoms with E-state index in [1.54, 1.807) is 52.0 Å². The third-order valence-corrected chi connectivity index (χ3v) is 15.9. The molecule has 0 bridgehead atoms. The summed E-state index contributed by atoms with van der Waals surface area (Å²) in [5.41, 5.74) is -0.0197. The Bertz CT molecular complexity index is 1780. The number of fused-ring (bicyclic) bond motifs is 7. The first-order valence-corrected chi connectivity index (χ1v) is 21.5. The van der Waals surface area contributed by atoms with Crippen LogP contribution in [-0.4, -0.2) is 51.8 Å². The van der Waals surface area contributed by atoms with E-state index in [4.69, 9.17) is 16.3 Å². The zero-order valence-corrected chi connectivity index (χ0v) is 35.9. The van der Waals surface area contributed by atoms with E-state index in [9.17, 15) is 29.1 Å². The molecule has 0 radical (unpaired) electrons. The van der Waals surface area contributed by atoms with Crippen molar-refractivity contribution >= 4 is 41.1 Å². The number of benzene rings is 1. The summed E-state index contributed by atoms with van der Waals surface area (Å²) < 4.78 is 6.15. The number of esters is 1. The highest BCUT2D eigenvalue weighted by Gasteiger charge is 2.65. The number of nitrogens with one attached hydrogen (secondary N) is 2. The van der Waals surface area contributed by atoms with E-state index in [-0.39, 0.29) is 77.5 Å². The van der Waals surface area contributed by atoms with Crippen molar-refractivity contribution in [3.8, 4) is 0 Å². The average Bonchev–Trinajstić information content (AvgIpc) is 3.39. The maximum absolute atomic E-state index is 14.3. The van der Waals surface area contributed by atoms with E-state index in [1.807, 2.05) is 0 Å². The minimum Gasteiger partial charge on any atom is -0.481 e. The van der Waals surface area contributed by atoms with Crippen molar-refractivity contribution in [2.75, 3.05) is 0 Å². The predicted molar refractivity (Wildman–Crippen MR) is 217 cm³/mol.